The van der Waals surface area contributed by atoms with E-state index in [9.17, 15) is 9.00 Å². The summed E-state index contributed by atoms with van der Waals surface area (Å²) in [5.41, 5.74) is 0. The summed E-state index contributed by atoms with van der Waals surface area (Å²) in [6.45, 7) is 1.68. The number of hydrogen-bond donors (Lipinski definition) is 1. The van der Waals surface area contributed by atoms with Crippen LogP contribution in [-0.4, -0.2) is 20.5 Å². The Morgan fingerprint density at radius 2 is 2.46 bits per heavy atom. The van der Waals surface area contributed by atoms with E-state index in [0.717, 1.165) is 4.90 Å². The van der Waals surface area contributed by atoms with E-state index in [1.165, 1.54) is 11.3 Å². The summed E-state index contributed by atoms with van der Waals surface area (Å²) >= 11 is 1.46. The molecule has 0 bridgehead atoms. The van der Waals surface area contributed by atoms with Crippen molar-refractivity contribution in [2.24, 2.45) is 0 Å². The predicted molar refractivity (Wildman–Crippen MR) is 52.4 cm³/mol. The van der Waals surface area contributed by atoms with Crippen molar-refractivity contribution >= 4 is 28.1 Å². The zero-order chi connectivity index (χ0) is 9.84. The van der Waals surface area contributed by atoms with Crippen LogP contribution in [0.4, 0.5) is 0 Å². The first-order valence-corrected chi connectivity index (χ1v) is 5.91. The third-order valence-electron chi connectivity index (χ3n) is 1.55. The molecule has 1 heterocycles. The Bertz CT molecular complexity index is 305. The van der Waals surface area contributed by atoms with Gasteiger partial charge < -0.3 is 5.11 Å². The molecule has 1 aromatic heterocycles. The first kappa shape index (κ1) is 10.4. The number of carbonyl (C=O) groups is 1. The molecule has 1 rings (SSSR count). The van der Waals surface area contributed by atoms with Gasteiger partial charge in [0.05, 0.1) is 17.2 Å². The number of thiophene rings is 1. The highest BCUT2D eigenvalue weighted by Crippen LogP contribution is 2.16. The zero-order valence-corrected chi connectivity index (χ0v) is 8.73. The maximum Gasteiger partial charge on any atom is 0.304 e. The van der Waals surface area contributed by atoms with Gasteiger partial charge in [-0.05, 0) is 18.4 Å². The highest BCUT2D eigenvalue weighted by Gasteiger charge is 2.16. The summed E-state index contributed by atoms with van der Waals surface area (Å²) in [6.07, 6.45) is -0.0531. The fraction of sp³-hybridized carbons (Fsp3) is 0.375. The minimum Gasteiger partial charge on any atom is -0.481 e. The van der Waals surface area contributed by atoms with Crippen LogP contribution < -0.4 is 0 Å². The van der Waals surface area contributed by atoms with Gasteiger partial charge in [-0.25, -0.2) is 0 Å². The number of carboxylic acids is 1. The average Bonchev–Trinajstić information content (AvgIpc) is 2.53. The van der Waals surface area contributed by atoms with Gasteiger partial charge in [0.25, 0.3) is 0 Å². The Labute approximate surface area is 82.9 Å². The van der Waals surface area contributed by atoms with Crippen LogP contribution >= 0.6 is 11.3 Å². The van der Waals surface area contributed by atoms with Crippen molar-refractivity contribution in [1.82, 2.24) is 0 Å². The van der Waals surface area contributed by atoms with Gasteiger partial charge in [0.15, 0.2) is 0 Å². The molecule has 2 unspecified atom stereocenters. The monoisotopic (exact) mass is 218 g/mol. The summed E-state index contributed by atoms with van der Waals surface area (Å²) in [5, 5.41) is 11.8. The highest BCUT2D eigenvalue weighted by atomic mass is 32.2. The molecule has 0 saturated carbocycles. The van der Waals surface area contributed by atoms with Gasteiger partial charge in [-0.15, -0.1) is 0 Å². The maximum atomic E-state index is 11.6. The van der Waals surface area contributed by atoms with Gasteiger partial charge in [-0.3, -0.25) is 9.00 Å². The Hall–Kier alpha value is -0.680. The van der Waals surface area contributed by atoms with Gasteiger partial charge in [0, 0.05) is 15.5 Å². The fourth-order valence-corrected chi connectivity index (χ4v) is 3.03. The van der Waals surface area contributed by atoms with E-state index in [4.69, 9.17) is 5.11 Å². The number of hydrogen-bond acceptors (Lipinski definition) is 3. The lowest BCUT2D eigenvalue weighted by molar-refractivity contribution is -0.136. The molecule has 1 aromatic rings. The van der Waals surface area contributed by atoms with Crippen molar-refractivity contribution < 1.29 is 14.1 Å². The van der Waals surface area contributed by atoms with Crippen LogP contribution in [0.15, 0.2) is 21.7 Å². The van der Waals surface area contributed by atoms with Gasteiger partial charge >= 0.3 is 5.97 Å². The van der Waals surface area contributed by atoms with Gasteiger partial charge in [0.2, 0.25) is 0 Å². The van der Waals surface area contributed by atoms with Gasteiger partial charge in [0.1, 0.15) is 0 Å². The van der Waals surface area contributed by atoms with Crippen LogP contribution in [0, 0.1) is 0 Å². The van der Waals surface area contributed by atoms with Crippen LogP contribution in [0.3, 0.4) is 0 Å². The van der Waals surface area contributed by atoms with E-state index in [0.29, 0.717) is 0 Å². The second kappa shape index (κ2) is 4.53. The molecular formula is C8H10O3S2. The molecule has 0 aliphatic carbocycles. The molecule has 13 heavy (non-hydrogen) atoms. The Morgan fingerprint density at radius 3 is 2.92 bits per heavy atom. The summed E-state index contributed by atoms with van der Waals surface area (Å²) in [7, 11) is -1.19. The molecule has 1 N–H and O–H groups in total. The average molecular weight is 218 g/mol. The van der Waals surface area contributed by atoms with Crippen LogP contribution in [0.25, 0.3) is 0 Å². The molecule has 3 nitrogen and oxygen atoms in total. The van der Waals surface area contributed by atoms with Crippen molar-refractivity contribution in [3.63, 3.8) is 0 Å². The molecule has 2 atom stereocenters. The third-order valence-corrected chi connectivity index (χ3v) is 4.00. The van der Waals surface area contributed by atoms with Gasteiger partial charge in [-0.2, -0.15) is 11.3 Å². The summed E-state index contributed by atoms with van der Waals surface area (Å²) < 4.78 is 11.6. The first-order valence-electron chi connectivity index (χ1n) is 3.76. The lowest BCUT2D eigenvalue weighted by Crippen LogP contribution is -2.15. The Morgan fingerprint density at radius 1 is 1.77 bits per heavy atom. The summed E-state index contributed by atoms with van der Waals surface area (Å²) in [6, 6.07) is 1.76. The molecular weight excluding hydrogens is 208 g/mol. The highest BCUT2D eigenvalue weighted by molar-refractivity contribution is 7.85. The summed E-state index contributed by atoms with van der Waals surface area (Å²) in [4.78, 5) is 11.1. The molecule has 5 heteroatoms. The van der Waals surface area contributed by atoms with Crippen molar-refractivity contribution in [1.29, 1.82) is 0 Å². The van der Waals surface area contributed by atoms with Gasteiger partial charge in [-0.1, -0.05) is 0 Å². The molecule has 0 radical (unpaired) electrons. The Kier molecular flexibility index (Phi) is 3.62. The van der Waals surface area contributed by atoms with Crippen molar-refractivity contribution in [2.75, 3.05) is 0 Å². The number of carboxylic acid groups (broad SMARTS) is 1. The maximum absolute atomic E-state index is 11.6. The smallest absolute Gasteiger partial charge is 0.304 e. The summed E-state index contributed by atoms with van der Waals surface area (Å²) in [5.74, 6) is -0.906. The van der Waals surface area contributed by atoms with Crippen molar-refractivity contribution in [2.45, 2.75) is 23.5 Å². The second-order valence-electron chi connectivity index (χ2n) is 2.66. The molecule has 0 aliphatic rings. The predicted octanol–water partition coefficient (Wildman–Crippen LogP) is 1.72. The first-order chi connectivity index (χ1) is 6.11. The lowest BCUT2D eigenvalue weighted by atomic mass is 10.3. The standard InChI is InChI=1S/C8H10O3S2/c1-6(4-8(9)10)13(11)7-2-3-12-5-7/h2-3,5-6H,4H2,1H3,(H,9,10). The minimum atomic E-state index is -1.19. The van der Waals surface area contributed by atoms with E-state index in [2.05, 4.69) is 0 Å². The molecule has 0 spiro atoms. The third kappa shape index (κ3) is 2.93. The van der Waals surface area contributed by atoms with E-state index in [1.807, 2.05) is 5.38 Å². The quantitative estimate of drug-likeness (QED) is 0.837. The number of rotatable bonds is 4. The lowest BCUT2D eigenvalue weighted by Gasteiger charge is -2.06. The van der Waals surface area contributed by atoms with E-state index < -0.39 is 16.8 Å². The van der Waals surface area contributed by atoms with Crippen molar-refractivity contribution in [3.05, 3.63) is 16.8 Å². The number of aliphatic carboxylic acids is 1. The largest absolute Gasteiger partial charge is 0.481 e. The van der Waals surface area contributed by atoms with E-state index in [1.54, 1.807) is 18.4 Å². The van der Waals surface area contributed by atoms with Crippen molar-refractivity contribution in [3.8, 4) is 0 Å². The normalized spacial score (nSPS) is 15.2. The molecule has 0 aromatic carbocycles. The minimum absolute atomic E-state index is 0.0531. The molecule has 0 saturated heterocycles. The molecule has 0 fully saturated rings. The van der Waals surface area contributed by atoms with E-state index in [-0.39, 0.29) is 11.7 Å². The van der Waals surface area contributed by atoms with E-state index >= 15 is 0 Å². The van der Waals surface area contributed by atoms with Crippen LogP contribution in [0.1, 0.15) is 13.3 Å². The fourth-order valence-electron chi connectivity index (χ4n) is 0.920. The topological polar surface area (TPSA) is 54.4 Å². The molecule has 0 amide bonds. The molecule has 72 valence electrons. The zero-order valence-electron chi connectivity index (χ0n) is 7.10. The Balaban J connectivity index is 2.63. The van der Waals surface area contributed by atoms with Crippen LogP contribution in [0.2, 0.25) is 0 Å². The molecule has 0 aliphatic heterocycles. The van der Waals surface area contributed by atoms with Crippen LogP contribution in [-0.2, 0) is 15.6 Å². The van der Waals surface area contributed by atoms with Crippen LogP contribution in [0.5, 0.6) is 0 Å². The second-order valence-corrected chi connectivity index (χ2v) is 5.32. The SMILES string of the molecule is CC(CC(=O)O)S(=O)c1ccsc1.